The first-order chi connectivity index (χ1) is 14.2. The van der Waals surface area contributed by atoms with Gasteiger partial charge < -0.3 is 0 Å². The SMILES string of the molecule is Cc1cc(-c2ccc(Cc3nnn4c3CCC4c3ccc(Cl)cc3)cc2)ccn1. The van der Waals surface area contributed by atoms with E-state index in [9.17, 15) is 0 Å². The van der Waals surface area contributed by atoms with Crippen LogP contribution in [0.3, 0.4) is 0 Å². The lowest BCUT2D eigenvalue weighted by molar-refractivity contribution is 0.534. The molecule has 3 heterocycles. The Morgan fingerprint density at radius 1 is 1.00 bits per heavy atom. The predicted molar refractivity (Wildman–Crippen MR) is 115 cm³/mol. The summed E-state index contributed by atoms with van der Waals surface area (Å²) in [4.78, 5) is 4.27. The maximum Gasteiger partial charge on any atom is 0.0903 e. The van der Waals surface area contributed by atoms with Crippen molar-refractivity contribution in [3.05, 3.63) is 100 Å². The number of rotatable bonds is 4. The third-order valence-corrected chi connectivity index (χ3v) is 5.88. The number of benzene rings is 2. The highest BCUT2D eigenvalue weighted by molar-refractivity contribution is 6.30. The molecule has 2 aromatic carbocycles. The number of nitrogens with zero attached hydrogens (tertiary/aromatic N) is 4. The van der Waals surface area contributed by atoms with Crippen LogP contribution in [-0.4, -0.2) is 20.0 Å². The maximum atomic E-state index is 6.03. The van der Waals surface area contributed by atoms with Crippen molar-refractivity contribution in [2.75, 3.05) is 0 Å². The van der Waals surface area contributed by atoms with E-state index in [-0.39, 0.29) is 6.04 Å². The minimum absolute atomic E-state index is 0.251. The molecule has 4 nitrogen and oxygen atoms in total. The molecule has 0 saturated carbocycles. The standard InChI is InChI=1S/C24H21ClN4/c1-16-14-20(12-13-26-16)18-4-2-17(3-5-18)15-22-24-11-10-23(29(24)28-27-22)19-6-8-21(25)9-7-19/h2-9,12-14,23H,10-11,15H2,1H3. The molecule has 144 valence electrons. The van der Waals surface area contributed by atoms with E-state index < -0.39 is 0 Å². The Hall–Kier alpha value is -2.98. The van der Waals surface area contributed by atoms with Crippen LogP contribution < -0.4 is 0 Å². The largest absolute Gasteiger partial charge is 0.262 e. The Morgan fingerprint density at radius 3 is 2.55 bits per heavy atom. The van der Waals surface area contributed by atoms with Gasteiger partial charge >= 0.3 is 0 Å². The van der Waals surface area contributed by atoms with Gasteiger partial charge in [-0.05, 0) is 66.3 Å². The van der Waals surface area contributed by atoms with Crippen molar-refractivity contribution in [1.29, 1.82) is 0 Å². The summed E-state index contributed by atoms with van der Waals surface area (Å²) in [5, 5.41) is 9.73. The topological polar surface area (TPSA) is 43.6 Å². The molecular weight excluding hydrogens is 380 g/mol. The van der Waals surface area contributed by atoms with Crippen molar-refractivity contribution in [3.63, 3.8) is 0 Å². The third-order valence-electron chi connectivity index (χ3n) is 5.63. The number of halogens is 1. The molecule has 1 atom stereocenters. The van der Waals surface area contributed by atoms with Crippen LogP contribution in [-0.2, 0) is 12.8 Å². The van der Waals surface area contributed by atoms with Crippen LogP contribution in [0, 0.1) is 6.92 Å². The molecule has 4 aromatic rings. The lowest BCUT2D eigenvalue weighted by Gasteiger charge is -2.11. The minimum atomic E-state index is 0.251. The molecule has 2 aromatic heterocycles. The van der Waals surface area contributed by atoms with Gasteiger partial charge in [0.2, 0.25) is 0 Å². The fourth-order valence-electron chi connectivity index (χ4n) is 4.11. The fourth-order valence-corrected chi connectivity index (χ4v) is 4.24. The van der Waals surface area contributed by atoms with Crippen LogP contribution in [0.25, 0.3) is 11.1 Å². The van der Waals surface area contributed by atoms with Crippen molar-refractivity contribution < 1.29 is 0 Å². The zero-order valence-corrected chi connectivity index (χ0v) is 17.0. The van der Waals surface area contributed by atoms with Crippen LogP contribution in [0.2, 0.25) is 5.02 Å². The van der Waals surface area contributed by atoms with Gasteiger partial charge in [-0.15, -0.1) is 5.10 Å². The molecule has 0 saturated heterocycles. The molecule has 0 spiro atoms. The van der Waals surface area contributed by atoms with E-state index in [1.54, 1.807) is 0 Å². The average Bonchev–Trinajstić information content (AvgIpc) is 3.32. The Kier molecular flexibility index (Phi) is 4.64. The van der Waals surface area contributed by atoms with Gasteiger partial charge in [0.1, 0.15) is 0 Å². The van der Waals surface area contributed by atoms with Crippen LogP contribution in [0.1, 0.15) is 40.7 Å². The maximum absolute atomic E-state index is 6.03. The second-order valence-electron chi connectivity index (χ2n) is 7.59. The van der Waals surface area contributed by atoms with Gasteiger partial charge in [0.05, 0.1) is 17.4 Å². The molecule has 0 fully saturated rings. The zero-order chi connectivity index (χ0) is 19.8. The zero-order valence-electron chi connectivity index (χ0n) is 16.2. The van der Waals surface area contributed by atoms with Crippen LogP contribution >= 0.6 is 11.6 Å². The molecule has 0 aliphatic carbocycles. The number of hydrogen-bond acceptors (Lipinski definition) is 3. The van der Waals surface area contributed by atoms with Crippen LogP contribution in [0.4, 0.5) is 0 Å². The van der Waals surface area contributed by atoms with E-state index in [4.69, 9.17) is 11.6 Å². The predicted octanol–water partition coefficient (Wildman–Crippen LogP) is 5.43. The normalized spacial score (nSPS) is 15.4. The van der Waals surface area contributed by atoms with Gasteiger partial charge in [-0.3, -0.25) is 4.98 Å². The molecule has 29 heavy (non-hydrogen) atoms. The number of aromatic nitrogens is 4. The van der Waals surface area contributed by atoms with Crippen LogP contribution in [0.5, 0.6) is 0 Å². The summed E-state index contributed by atoms with van der Waals surface area (Å²) in [5.74, 6) is 0. The van der Waals surface area contributed by atoms with Crippen molar-refractivity contribution in [3.8, 4) is 11.1 Å². The summed E-state index contributed by atoms with van der Waals surface area (Å²) in [6.07, 6.45) is 4.72. The number of pyridine rings is 1. The second-order valence-corrected chi connectivity index (χ2v) is 8.03. The summed E-state index contributed by atoms with van der Waals surface area (Å²) in [5.41, 5.74) is 8.24. The Labute approximate surface area is 175 Å². The Morgan fingerprint density at radius 2 is 1.79 bits per heavy atom. The fraction of sp³-hybridized carbons (Fsp3) is 0.208. The molecule has 0 radical (unpaired) electrons. The van der Waals surface area contributed by atoms with Crippen molar-refractivity contribution in [2.45, 2.75) is 32.2 Å². The lowest BCUT2D eigenvalue weighted by atomic mass is 10.0. The summed E-state index contributed by atoms with van der Waals surface area (Å²) in [6.45, 7) is 2.02. The Bertz CT molecular complexity index is 1150. The molecule has 0 bridgehead atoms. The van der Waals surface area contributed by atoms with Gasteiger partial charge in [-0.2, -0.15) is 0 Å². The highest BCUT2D eigenvalue weighted by atomic mass is 35.5. The number of fused-ring (bicyclic) bond motifs is 1. The summed E-state index contributed by atoms with van der Waals surface area (Å²) in [7, 11) is 0. The van der Waals surface area contributed by atoms with E-state index in [0.29, 0.717) is 0 Å². The van der Waals surface area contributed by atoms with E-state index >= 15 is 0 Å². The van der Waals surface area contributed by atoms with Gasteiger partial charge in [0, 0.05) is 23.3 Å². The third kappa shape index (κ3) is 3.56. The molecular formula is C24H21ClN4. The second kappa shape index (κ2) is 7.45. The number of hydrogen-bond donors (Lipinski definition) is 0. The van der Waals surface area contributed by atoms with Crippen molar-refractivity contribution >= 4 is 11.6 Å². The summed E-state index contributed by atoms with van der Waals surface area (Å²) >= 11 is 6.03. The number of aryl methyl sites for hydroxylation is 1. The van der Waals surface area contributed by atoms with Gasteiger partial charge in [-0.25, -0.2) is 4.68 Å². The Balaban J connectivity index is 1.36. The molecule has 1 unspecified atom stereocenters. The monoisotopic (exact) mass is 400 g/mol. The summed E-state index contributed by atoms with van der Waals surface area (Å²) in [6, 6.07) is 21.2. The van der Waals surface area contributed by atoms with Gasteiger partial charge in [-0.1, -0.05) is 53.2 Å². The lowest BCUT2D eigenvalue weighted by Crippen LogP contribution is -2.07. The molecule has 5 heteroatoms. The average molecular weight is 401 g/mol. The quantitative estimate of drug-likeness (QED) is 0.459. The van der Waals surface area contributed by atoms with Crippen molar-refractivity contribution in [2.24, 2.45) is 0 Å². The van der Waals surface area contributed by atoms with Gasteiger partial charge in [0.25, 0.3) is 0 Å². The molecule has 0 N–H and O–H groups in total. The van der Waals surface area contributed by atoms with Crippen LogP contribution in [0.15, 0.2) is 66.9 Å². The molecule has 1 aliphatic heterocycles. The molecule has 1 aliphatic rings. The van der Waals surface area contributed by atoms with Crippen molar-refractivity contribution in [1.82, 2.24) is 20.0 Å². The first-order valence-corrected chi connectivity index (χ1v) is 10.3. The van der Waals surface area contributed by atoms with E-state index in [1.165, 1.54) is 27.9 Å². The molecule has 5 rings (SSSR count). The first-order valence-electron chi connectivity index (χ1n) is 9.88. The first kappa shape index (κ1) is 18.1. The highest BCUT2D eigenvalue weighted by Crippen LogP contribution is 2.33. The van der Waals surface area contributed by atoms with E-state index in [1.807, 2.05) is 31.3 Å². The van der Waals surface area contributed by atoms with E-state index in [2.05, 4.69) is 62.4 Å². The highest BCUT2D eigenvalue weighted by Gasteiger charge is 2.28. The minimum Gasteiger partial charge on any atom is -0.262 e. The van der Waals surface area contributed by atoms with Gasteiger partial charge in [0.15, 0.2) is 0 Å². The van der Waals surface area contributed by atoms with E-state index in [0.717, 1.165) is 35.7 Å². The smallest absolute Gasteiger partial charge is 0.0903 e. The molecule has 0 amide bonds. The summed E-state index contributed by atoms with van der Waals surface area (Å²) < 4.78 is 2.09.